The second-order valence-corrected chi connectivity index (χ2v) is 11.2. The number of hydrogen-bond donors (Lipinski definition) is 1. The molecule has 1 amide bonds. The number of anilines is 1. The van der Waals surface area contributed by atoms with E-state index < -0.39 is 15.9 Å². The number of hydrogen-bond acceptors (Lipinski definition) is 8. The van der Waals surface area contributed by atoms with Gasteiger partial charge in [-0.3, -0.25) is 4.79 Å². The lowest BCUT2D eigenvalue weighted by molar-refractivity contribution is 0.0427. The third kappa shape index (κ3) is 6.24. The molecule has 2 aliphatic rings. The summed E-state index contributed by atoms with van der Waals surface area (Å²) < 4.78 is 39.1. The van der Waals surface area contributed by atoms with E-state index in [9.17, 15) is 13.2 Å². The van der Waals surface area contributed by atoms with Gasteiger partial charge in [-0.1, -0.05) is 19.6 Å². The van der Waals surface area contributed by atoms with Crippen LogP contribution < -0.4 is 9.62 Å². The van der Waals surface area contributed by atoms with Gasteiger partial charge in [0.1, 0.15) is 12.4 Å². The van der Waals surface area contributed by atoms with Gasteiger partial charge in [0, 0.05) is 24.9 Å². The van der Waals surface area contributed by atoms with E-state index in [1.54, 1.807) is 18.3 Å². The lowest BCUT2D eigenvalue weighted by atomic mass is 9.97. The van der Waals surface area contributed by atoms with Crippen LogP contribution in [0.2, 0.25) is 0 Å². The number of nitrogens with one attached hydrogen (secondary N) is 1. The van der Waals surface area contributed by atoms with E-state index >= 15 is 0 Å². The molecule has 2 saturated heterocycles. The molecule has 2 unspecified atom stereocenters. The first-order valence-electron chi connectivity index (χ1n) is 11.5. The maximum Gasteiger partial charge on any atom is 0.277 e. The molecule has 2 atom stereocenters. The first-order valence-corrected chi connectivity index (χ1v) is 12.9. The molecule has 0 spiro atoms. The molecule has 1 aromatic heterocycles. The number of ether oxygens (including phenoxy) is 2. The fourth-order valence-electron chi connectivity index (χ4n) is 4.39. The van der Waals surface area contributed by atoms with Crippen molar-refractivity contribution >= 4 is 26.8 Å². The van der Waals surface area contributed by atoms with E-state index in [-0.39, 0.29) is 34.7 Å². The van der Waals surface area contributed by atoms with Crippen molar-refractivity contribution in [3.05, 3.63) is 48.5 Å². The number of allylic oxidation sites excluding steroid dienone is 2. The van der Waals surface area contributed by atoms with Crippen molar-refractivity contribution in [2.75, 3.05) is 24.7 Å². The van der Waals surface area contributed by atoms with E-state index in [1.165, 1.54) is 19.1 Å². The smallest absolute Gasteiger partial charge is 0.277 e. The van der Waals surface area contributed by atoms with E-state index in [1.807, 2.05) is 0 Å². The van der Waals surface area contributed by atoms with E-state index in [0.717, 1.165) is 25.8 Å². The van der Waals surface area contributed by atoms with Crippen molar-refractivity contribution in [2.24, 2.45) is 10.9 Å². The van der Waals surface area contributed by atoms with Crippen LogP contribution in [0.25, 0.3) is 0 Å². The topological polar surface area (TPSA) is 110 Å². The standard InChI is InChI=1S/C24H34N4O5S/c1-6-9-21(33-16-19-10-8-13-32-19)26-18(3)34(30,31)27-23(29)20-11-7-12-25-22(20)28-15-17(2)14-24(28,4)5/h6-7,9,11-12,17,19H,1,8,10,13-16H2,2-5H3,(H,27,29)/b21-9+,26-18?. The highest BCUT2D eigenvalue weighted by Crippen LogP contribution is 2.37. The largest absolute Gasteiger partial charge is 0.475 e. The molecule has 2 aliphatic heterocycles. The fraction of sp³-hybridized carbons (Fsp3) is 0.542. The number of aliphatic imine (C=N–C) groups is 1. The fourth-order valence-corrected chi connectivity index (χ4v) is 5.10. The Morgan fingerprint density at radius 2 is 2.24 bits per heavy atom. The van der Waals surface area contributed by atoms with Crippen LogP contribution in [-0.2, 0) is 19.5 Å². The van der Waals surface area contributed by atoms with Gasteiger partial charge in [0.2, 0.25) is 5.88 Å². The molecule has 0 aromatic carbocycles. The van der Waals surface area contributed by atoms with Crippen LogP contribution >= 0.6 is 0 Å². The zero-order chi connectivity index (χ0) is 24.9. The summed E-state index contributed by atoms with van der Waals surface area (Å²) in [6.07, 6.45) is 7.24. The number of sulfonamides is 1. The van der Waals surface area contributed by atoms with Crippen molar-refractivity contribution in [2.45, 2.75) is 58.6 Å². The summed E-state index contributed by atoms with van der Waals surface area (Å²) >= 11 is 0. The SMILES string of the molecule is C=C/C=C(\N=C(C)S(=O)(=O)NC(=O)c1cccnc1N1CC(C)CC1(C)C)OCC1CCCO1. The molecule has 0 saturated carbocycles. The zero-order valence-electron chi connectivity index (χ0n) is 20.3. The number of rotatable bonds is 7. The number of nitrogens with zero attached hydrogens (tertiary/aromatic N) is 3. The molecule has 3 rings (SSSR count). The Morgan fingerprint density at radius 1 is 1.47 bits per heavy atom. The molecule has 2 fully saturated rings. The van der Waals surface area contributed by atoms with Crippen LogP contribution in [0.15, 0.2) is 47.9 Å². The maximum atomic E-state index is 13.1. The van der Waals surface area contributed by atoms with Gasteiger partial charge in [0.15, 0.2) is 5.04 Å². The molecule has 1 N–H and O–H groups in total. The predicted molar refractivity (Wildman–Crippen MR) is 132 cm³/mol. The number of carbonyl (C=O) groups is 1. The van der Waals surface area contributed by atoms with Crippen LogP contribution in [0.5, 0.6) is 0 Å². The Hall–Kier alpha value is -2.72. The van der Waals surface area contributed by atoms with Crippen LogP contribution in [0, 0.1) is 5.92 Å². The van der Waals surface area contributed by atoms with Gasteiger partial charge in [-0.2, -0.15) is 8.42 Å². The summed E-state index contributed by atoms with van der Waals surface area (Å²) in [5.74, 6) is 0.209. The minimum Gasteiger partial charge on any atom is -0.475 e. The highest BCUT2D eigenvalue weighted by Gasteiger charge is 2.39. The van der Waals surface area contributed by atoms with Crippen LogP contribution in [0.1, 0.15) is 57.3 Å². The molecule has 0 aliphatic carbocycles. The highest BCUT2D eigenvalue weighted by atomic mass is 32.2. The monoisotopic (exact) mass is 490 g/mol. The summed E-state index contributed by atoms with van der Waals surface area (Å²) in [5.41, 5.74) is -0.0124. The molecular weight excluding hydrogens is 456 g/mol. The average molecular weight is 491 g/mol. The van der Waals surface area contributed by atoms with Crippen LogP contribution in [0.4, 0.5) is 5.82 Å². The Kier molecular flexibility index (Phi) is 8.14. The first-order chi connectivity index (χ1) is 16.0. The quantitative estimate of drug-likeness (QED) is 0.270. The predicted octanol–water partition coefficient (Wildman–Crippen LogP) is 3.41. The van der Waals surface area contributed by atoms with E-state index in [4.69, 9.17) is 9.47 Å². The summed E-state index contributed by atoms with van der Waals surface area (Å²) in [4.78, 5) is 23.6. The van der Waals surface area contributed by atoms with Gasteiger partial charge in [0.05, 0.1) is 11.7 Å². The van der Waals surface area contributed by atoms with Gasteiger partial charge in [-0.05, 0) is 64.2 Å². The van der Waals surface area contributed by atoms with Gasteiger partial charge in [0.25, 0.3) is 15.9 Å². The van der Waals surface area contributed by atoms with Crippen LogP contribution in [0.3, 0.4) is 0 Å². The number of carbonyl (C=O) groups excluding carboxylic acids is 1. The Labute approximate surface area is 202 Å². The van der Waals surface area contributed by atoms with Crippen molar-refractivity contribution in [1.29, 1.82) is 0 Å². The van der Waals surface area contributed by atoms with Crippen LogP contribution in [-0.4, -0.2) is 55.8 Å². The minimum absolute atomic E-state index is 0.0541. The van der Waals surface area contributed by atoms with Gasteiger partial charge < -0.3 is 14.4 Å². The van der Waals surface area contributed by atoms with Gasteiger partial charge in [-0.25, -0.2) is 14.7 Å². The first kappa shape index (κ1) is 25.9. The summed E-state index contributed by atoms with van der Waals surface area (Å²) in [7, 11) is -4.22. The van der Waals surface area contributed by atoms with Crippen molar-refractivity contribution in [3.8, 4) is 0 Å². The Balaban J connectivity index is 1.77. The molecular formula is C24H34N4O5S. The minimum atomic E-state index is -4.22. The Bertz CT molecular complexity index is 1070. The Morgan fingerprint density at radius 3 is 2.85 bits per heavy atom. The molecule has 0 bridgehead atoms. The molecule has 10 heteroatoms. The second-order valence-electron chi connectivity index (χ2n) is 9.36. The maximum absolute atomic E-state index is 13.1. The van der Waals surface area contributed by atoms with E-state index in [0.29, 0.717) is 18.3 Å². The van der Waals surface area contributed by atoms with Crippen molar-refractivity contribution in [1.82, 2.24) is 9.71 Å². The van der Waals surface area contributed by atoms with Crippen molar-refractivity contribution < 1.29 is 22.7 Å². The summed E-state index contributed by atoms with van der Waals surface area (Å²) in [6, 6.07) is 3.19. The number of pyridine rings is 1. The highest BCUT2D eigenvalue weighted by molar-refractivity contribution is 8.05. The van der Waals surface area contributed by atoms with Crippen molar-refractivity contribution in [3.63, 3.8) is 0 Å². The number of amides is 1. The third-order valence-electron chi connectivity index (χ3n) is 5.95. The second kappa shape index (κ2) is 10.7. The third-order valence-corrected chi connectivity index (χ3v) is 7.27. The van der Waals surface area contributed by atoms with Gasteiger partial charge in [-0.15, -0.1) is 0 Å². The molecule has 186 valence electrons. The lowest BCUT2D eigenvalue weighted by Crippen LogP contribution is -2.41. The molecule has 0 radical (unpaired) electrons. The van der Waals surface area contributed by atoms with E-state index in [2.05, 4.69) is 46.9 Å². The zero-order valence-corrected chi connectivity index (χ0v) is 21.1. The lowest BCUT2D eigenvalue weighted by Gasteiger charge is -2.33. The summed E-state index contributed by atoms with van der Waals surface area (Å²) in [6.45, 7) is 12.9. The average Bonchev–Trinajstić information content (AvgIpc) is 3.38. The molecule has 3 heterocycles. The molecule has 34 heavy (non-hydrogen) atoms. The molecule has 1 aromatic rings. The summed E-state index contributed by atoms with van der Waals surface area (Å²) in [5, 5.41) is -0.304. The number of aromatic nitrogens is 1. The molecule has 9 nitrogen and oxygen atoms in total. The van der Waals surface area contributed by atoms with Gasteiger partial charge >= 0.3 is 0 Å². The normalized spacial score (nSPS) is 23.1.